The fourth-order valence-electron chi connectivity index (χ4n) is 1.60. The lowest BCUT2D eigenvalue weighted by atomic mass is 10.2. The summed E-state index contributed by atoms with van der Waals surface area (Å²) in [4.78, 5) is 0. The molecular formula is C15H24O6. The van der Waals surface area contributed by atoms with Crippen molar-refractivity contribution in [3.05, 3.63) is 23.8 Å². The van der Waals surface area contributed by atoms with Crippen LogP contribution < -0.4 is 9.47 Å². The van der Waals surface area contributed by atoms with Gasteiger partial charge in [-0.05, 0) is 17.7 Å². The molecule has 0 bridgehead atoms. The first-order chi connectivity index (χ1) is 10.3. The van der Waals surface area contributed by atoms with Crippen LogP contribution in [0.15, 0.2) is 18.2 Å². The normalized spacial score (nSPS) is 10.6. The van der Waals surface area contributed by atoms with Gasteiger partial charge in [0.15, 0.2) is 11.5 Å². The number of aliphatic hydroxyl groups is 1. The maximum atomic E-state index is 9.06. The Labute approximate surface area is 125 Å². The van der Waals surface area contributed by atoms with E-state index in [0.717, 1.165) is 5.56 Å². The average molecular weight is 300 g/mol. The molecule has 0 aliphatic rings. The van der Waals surface area contributed by atoms with Crippen molar-refractivity contribution in [3.63, 3.8) is 0 Å². The fourth-order valence-corrected chi connectivity index (χ4v) is 1.60. The molecule has 1 aromatic rings. The Hall–Kier alpha value is -1.34. The van der Waals surface area contributed by atoms with E-state index in [-0.39, 0.29) is 6.61 Å². The van der Waals surface area contributed by atoms with E-state index in [2.05, 4.69) is 0 Å². The molecule has 1 N–H and O–H groups in total. The van der Waals surface area contributed by atoms with Gasteiger partial charge in [-0.25, -0.2) is 0 Å². The molecule has 0 radical (unpaired) electrons. The van der Waals surface area contributed by atoms with E-state index >= 15 is 0 Å². The number of rotatable bonds is 12. The molecule has 0 fully saturated rings. The summed E-state index contributed by atoms with van der Waals surface area (Å²) < 4.78 is 26.3. The van der Waals surface area contributed by atoms with Gasteiger partial charge in [0.1, 0.15) is 6.61 Å². The van der Waals surface area contributed by atoms with E-state index < -0.39 is 0 Å². The SMILES string of the molecule is COCCOCCOCCOc1ccc(CO)cc1OC. The molecule has 0 aliphatic heterocycles. The van der Waals surface area contributed by atoms with E-state index in [1.807, 2.05) is 0 Å². The van der Waals surface area contributed by atoms with Gasteiger partial charge < -0.3 is 28.8 Å². The Bertz CT molecular complexity index is 382. The van der Waals surface area contributed by atoms with Gasteiger partial charge in [-0.2, -0.15) is 0 Å². The average Bonchev–Trinajstić information content (AvgIpc) is 2.53. The van der Waals surface area contributed by atoms with Gasteiger partial charge in [0.25, 0.3) is 0 Å². The molecule has 1 rings (SSSR count). The van der Waals surface area contributed by atoms with Crippen LogP contribution in [-0.4, -0.2) is 59.0 Å². The number of methoxy groups -OCH3 is 2. The molecule has 0 amide bonds. The molecule has 0 saturated heterocycles. The van der Waals surface area contributed by atoms with Gasteiger partial charge in [0.05, 0.1) is 46.8 Å². The quantitative estimate of drug-likeness (QED) is 0.586. The smallest absolute Gasteiger partial charge is 0.161 e. The summed E-state index contributed by atoms with van der Waals surface area (Å²) >= 11 is 0. The zero-order valence-corrected chi connectivity index (χ0v) is 12.7. The molecule has 1 aromatic carbocycles. The van der Waals surface area contributed by atoms with Crippen molar-refractivity contribution in [2.45, 2.75) is 6.61 Å². The highest BCUT2D eigenvalue weighted by Crippen LogP contribution is 2.27. The molecular weight excluding hydrogens is 276 g/mol. The third-order valence-electron chi connectivity index (χ3n) is 2.70. The van der Waals surface area contributed by atoms with Gasteiger partial charge >= 0.3 is 0 Å². The van der Waals surface area contributed by atoms with Crippen LogP contribution in [0, 0.1) is 0 Å². The van der Waals surface area contributed by atoms with E-state index in [0.29, 0.717) is 51.1 Å². The summed E-state index contributed by atoms with van der Waals surface area (Å²) in [6, 6.07) is 5.32. The van der Waals surface area contributed by atoms with Gasteiger partial charge in [-0.15, -0.1) is 0 Å². The van der Waals surface area contributed by atoms with Crippen LogP contribution >= 0.6 is 0 Å². The zero-order valence-electron chi connectivity index (χ0n) is 12.7. The van der Waals surface area contributed by atoms with Crippen molar-refractivity contribution in [2.24, 2.45) is 0 Å². The highest BCUT2D eigenvalue weighted by atomic mass is 16.6. The van der Waals surface area contributed by atoms with Crippen LogP contribution in [0.4, 0.5) is 0 Å². The minimum atomic E-state index is -0.0250. The molecule has 0 aliphatic carbocycles. The highest BCUT2D eigenvalue weighted by molar-refractivity contribution is 5.42. The first-order valence-corrected chi connectivity index (χ1v) is 6.86. The second-order valence-corrected chi connectivity index (χ2v) is 4.21. The van der Waals surface area contributed by atoms with Crippen molar-refractivity contribution in [3.8, 4) is 11.5 Å². The van der Waals surface area contributed by atoms with Crippen LogP contribution in [0.5, 0.6) is 11.5 Å². The second kappa shape index (κ2) is 11.3. The molecule has 0 heterocycles. The predicted molar refractivity (Wildman–Crippen MR) is 77.9 cm³/mol. The lowest BCUT2D eigenvalue weighted by molar-refractivity contribution is 0.0178. The Morgan fingerprint density at radius 2 is 1.52 bits per heavy atom. The van der Waals surface area contributed by atoms with Crippen molar-refractivity contribution in [2.75, 3.05) is 53.9 Å². The van der Waals surface area contributed by atoms with E-state index in [1.54, 1.807) is 32.4 Å². The Kier molecular flexibility index (Phi) is 9.56. The number of aliphatic hydroxyl groups excluding tert-OH is 1. The molecule has 6 heteroatoms. The topological polar surface area (TPSA) is 66.4 Å². The Morgan fingerprint density at radius 3 is 2.14 bits per heavy atom. The van der Waals surface area contributed by atoms with Crippen LogP contribution in [0.3, 0.4) is 0 Å². The summed E-state index contributed by atoms with van der Waals surface area (Å²) in [5.74, 6) is 1.24. The molecule has 21 heavy (non-hydrogen) atoms. The number of hydrogen-bond acceptors (Lipinski definition) is 6. The summed E-state index contributed by atoms with van der Waals surface area (Å²) in [5.41, 5.74) is 0.781. The Balaban J connectivity index is 2.15. The van der Waals surface area contributed by atoms with Gasteiger partial charge in [-0.3, -0.25) is 0 Å². The lowest BCUT2D eigenvalue weighted by Gasteiger charge is -2.12. The number of ether oxygens (including phenoxy) is 5. The lowest BCUT2D eigenvalue weighted by Crippen LogP contribution is -2.12. The van der Waals surface area contributed by atoms with Crippen LogP contribution in [-0.2, 0) is 20.8 Å². The van der Waals surface area contributed by atoms with Crippen LogP contribution in [0.25, 0.3) is 0 Å². The molecule has 0 atom stereocenters. The van der Waals surface area contributed by atoms with E-state index in [4.69, 9.17) is 28.8 Å². The molecule has 6 nitrogen and oxygen atoms in total. The third kappa shape index (κ3) is 7.29. The Morgan fingerprint density at radius 1 is 0.857 bits per heavy atom. The molecule has 0 aromatic heterocycles. The molecule has 120 valence electrons. The maximum absolute atomic E-state index is 9.06. The highest BCUT2D eigenvalue weighted by Gasteiger charge is 2.05. The molecule has 0 unspecified atom stereocenters. The van der Waals surface area contributed by atoms with Crippen molar-refractivity contribution in [1.82, 2.24) is 0 Å². The van der Waals surface area contributed by atoms with Crippen LogP contribution in [0.2, 0.25) is 0 Å². The number of benzene rings is 1. The third-order valence-corrected chi connectivity index (χ3v) is 2.70. The van der Waals surface area contributed by atoms with Gasteiger partial charge in [0.2, 0.25) is 0 Å². The largest absolute Gasteiger partial charge is 0.493 e. The second-order valence-electron chi connectivity index (χ2n) is 4.21. The fraction of sp³-hybridized carbons (Fsp3) is 0.600. The predicted octanol–water partition coefficient (Wildman–Crippen LogP) is 1.25. The van der Waals surface area contributed by atoms with Gasteiger partial charge in [0, 0.05) is 7.11 Å². The molecule has 0 saturated carbocycles. The van der Waals surface area contributed by atoms with Crippen LogP contribution in [0.1, 0.15) is 5.56 Å². The first kappa shape index (κ1) is 17.7. The van der Waals surface area contributed by atoms with Gasteiger partial charge in [-0.1, -0.05) is 6.07 Å². The maximum Gasteiger partial charge on any atom is 0.161 e. The van der Waals surface area contributed by atoms with Crippen molar-refractivity contribution >= 4 is 0 Å². The van der Waals surface area contributed by atoms with E-state index in [9.17, 15) is 0 Å². The summed E-state index contributed by atoms with van der Waals surface area (Å²) in [6.45, 7) is 3.09. The summed E-state index contributed by atoms with van der Waals surface area (Å²) in [6.07, 6.45) is 0. The summed E-state index contributed by atoms with van der Waals surface area (Å²) in [5, 5.41) is 9.06. The minimum absolute atomic E-state index is 0.0250. The van der Waals surface area contributed by atoms with Crippen molar-refractivity contribution in [1.29, 1.82) is 0 Å². The summed E-state index contributed by atoms with van der Waals surface area (Å²) in [7, 11) is 3.20. The standard InChI is InChI=1S/C15H24O6/c1-17-5-6-19-7-8-20-9-10-21-14-4-3-13(12-16)11-15(14)18-2/h3-4,11,16H,5-10,12H2,1-2H3. The monoisotopic (exact) mass is 300 g/mol. The van der Waals surface area contributed by atoms with E-state index in [1.165, 1.54) is 0 Å². The first-order valence-electron chi connectivity index (χ1n) is 6.86. The molecule has 0 spiro atoms. The minimum Gasteiger partial charge on any atom is -0.493 e. The number of hydrogen-bond donors (Lipinski definition) is 1. The zero-order chi connectivity index (χ0) is 15.3. The van der Waals surface area contributed by atoms with Crippen molar-refractivity contribution < 1.29 is 28.8 Å².